The standard InChI is InChI=1S/C4H12B4N4/c1-5-10-2-6-9(1)7-3-11(5)8(10)4-12(6)7/h5-8H,1-4H2/q-4. The fourth-order valence-corrected chi connectivity index (χ4v) is 5.78. The van der Waals surface area contributed by atoms with E-state index in [2.05, 4.69) is 18.9 Å². The van der Waals surface area contributed by atoms with Gasteiger partial charge in [-0.15, -0.1) is 0 Å². The zero-order valence-electron chi connectivity index (χ0n) is 7.45. The smallest absolute Gasteiger partial charge is 0.0444 e. The SMILES string of the molecule is C1[BH-]2N3C[BH-]4N1[BH-]1CN2[BH-]3CN41. The van der Waals surface area contributed by atoms with Gasteiger partial charge in [-0.3, -0.25) is 0 Å². The van der Waals surface area contributed by atoms with Crippen LogP contribution in [0.2, 0.25) is 0 Å². The third-order valence-corrected chi connectivity index (χ3v) is 6.19. The Morgan fingerprint density at radius 1 is 0.500 bits per heavy atom. The van der Waals surface area contributed by atoms with Crippen molar-refractivity contribution in [3.63, 3.8) is 0 Å². The third-order valence-electron chi connectivity index (χ3n) is 6.19. The number of hydrogen-bond donors (Lipinski definition) is 0. The second kappa shape index (κ2) is 1.43. The van der Waals surface area contributed by atoms with Gasteiger partial charge in [-0.1, -0.05) is 0 Å². The maximum atomic E-state index is 2.92. The molecule has 6 aliphatic rings. The molecule has 0 N–H and O–H groups in total. The Morgan fingerprint density at radius 2 is 0.750 bits per heavy atom. The Hall–Kier alpha value is 0.0997. The van der Waals surface area contributed by atoms with Gasteiger partial charge < -0.3 is 18.9 Å². The molecule has 6 fully saturated rings. The van der Waals surface area contributed by atoms with Crippen LogP contribution in [0.1, 0.15) is 0 Å². The summed E-state index contributed by atoms with van der Waals surface area (Å²) in [5, 5.41) is 0. The van der Waals surface area contributed by atoms with Crippen LogP contribution in [-0.2, 0) is 0 Å². The van der Waals surface area contributed by atoms with E-state index in [0.717, 1.165) is 0 Å². The minimum absolute atomic E-state index is 0.0815. The average Bonchev–Trinajstić information content (AvgIpc) is 1.98. The van der Waals surface area contributed by atoms with Crippen LogP contribution in [0, 0.1) is 0 Å². The van der Waals surface area contributed by atoms with Gasteiger partial charge in [0.25, 0.3) is 0 Å². The highest BCUT2D eigenvalue weighted by Gasteiger charge is 2.48. The molecule has 0 unspecified atom stereocenters. The van der Waals surface area contributed by atoms with E-state index in [0.29, 0.717) is 0 Å². The average molecular weight is 159 g/mol. The summed E-state index contributed by atoms with van der Waals surface area (Å²) in [6, 6.07) is 0. The molecule has 0 aromatic rings. The molecule has 0 aromatic heterocycles. The van der Waals surface area contributed by atoms with Crippen molar-refractivity contribution < 1.29 is 0 Å². The lowest BCUT2D eigenvalue weighted by atomic mass is 9.21. The van der Waals surface area contributed by atoms with Gasteiger partial charge in [0.1, 0.15) is 0 Å². The van der Waals surface area contributed by atoms with Gasteiger partial charge in [0.05, 0.1) is 0 Å². The van der Waals surface area contributed by atoms with Crippen molar-refractivity contribution in [1.29, 1.82) is 0 Å². The van der Waals surface area contributed by atoms with Crippen LogP contribution in [-0.4, -0.2) is 72.6 Å². The Balaban J connectivity index is 1.74. The van der Waals surface area contributed by atoms with E-state index in [1.165, 1.54) is 25.8 Å². The summed E-state index contributed by atoms with van der Waals surface area (Å²) in [7, 11) is 0. The Bertz CT molecular complexity index is 192. The monoisotopic (exact) mass is 160 g/mol. The zero-order chi connectivity index (χ0) is 7.45. The molecule has 0 saturated carbocycles. The van der Waals surface area contributed by atoms with Crippen molar-refractivity contribution >= 4 is 27.9 Å². The van der Waals surface area contributed by atoms with Gasteiger partial charge in [0.2, 0.25) is 0 Å². The molecule has 6 heterocycles. The summed E-state index contributed by atoms with van der Waals surface area (Å²) in [6.07, 6.45) is 6.00. The van der Waals surface area contributed by atoms with Gasteiger partial charge in [0, 0.05) is 27.9 Å². The van der Waals surface area contributed by atoms with Crippen LogP contribution in [0.4, 0.5) is 0 Å². The number of rotatable bonds is 0. The topological polar surface area (TPSA) is 13.0 Å². The lowest BCUT2D eigenvalue weighted by Gasteiger charge is -3.04. The molecule has 0 atom stereocenters. The highest BCUT2D eigenvalue weighted by molar-refractivity contribution is 7.01. The Morgan fingerprint density at radius 3 is 1.00 bits per heavy atom. The van der Waals surface area contributed by atoms with Gasteiger partial charge >= 0.3 is 0 Å². The van der Waals surface area contributed by atoms with E-state index in [-0.39, 0.29) is 27.9 Å². The maximum absolute atomic E-state index is 2.92. The Kier molecular flexibility index (Phi) is 0.687. The highest BCUT2D eigenvalue weighted by Crippen LogP contribution is 2.42. The van der Waals surface area contributed by atoms with Crippen molar-refractivity contribution in [3.8, 4) is 0 Å². The van der Waals surface area contributed by atoms with Crippen molar-refractivity contribution in [2.45, 2.75) is 0 Å². The van der Waals surface area contributed by atoms with Gasteiger partial charge in [-0.2, -0.15) is 25.8 Å². The maximum Gasteiger partial charge on any atom is 0.0444 e. The lowest BCUT2D eigenvalue weighted by Crippen LogP contribution is -3.05. The molecule has 0 radical (unpaired) electrons. The van der Waals surface area contributed by atoms with Crippen LogP contribution in [0.3, 0.4) is 0 Å². The predicted octanol–water partition coefficient (Wildman–Crippen LogP) is -3.70. The Labute approximate surface area is 73.3 Å². The van der Waals surface area contributed by atoms with Gasteiger partial charge in [-0.05, 0) is 0 Å². The van der Waals surface area contributed by atoms with Gasteiger partial charge in [-0.25, -0.2) is 0 Å². The van der Waals surface area contributed by atoms with Crippen LogP contribution >= 0.6 is 0 Å². The molecular formula is C4H12B4N4-4. The zero-order valence-corrected chi connectivity index (χ0v) is 7.45. The van der Waals surface area contributed by atoms with Gasteiger partial charge in [0.15, 0.2) is 0 Å². The molecule has 6 rings (SSSR count). The first-order valence-corrected chi connectivity index (χ1v) is 5.79. The number of hydrogen-bond acceptors (Lipinski definition) is 4. The second-order valence-electron chi connectivity index (χ2n) is 5.93. The summed E-state index contributed by atoms with van der Waals surface area (Å²) in [5.41, 5.74) is 0. The van der Waals surface area contributed by atoms with Crippen molar-refractivity contribution in [2.24, 2.45) is 0 Å². The van der Waals surface area contributed by atoms with Crippen LogP contribution in [0.5, 0.6) is 0 Å². The number of nitrogens with zero attached hydrogens (tertiary/aromatic N) is 4. The minimum Gasteiger partial charge on any atom is -0.665 e. The fourth-order valence-electron chi connectivity index (χ4n) is 5.78. The molecule has 8 bridgehead atoms. The fraction of sp³-hybridized carbons (Fsp3) is 1.00. The third kappa shape index (κ3) is 0.361. The summed E-state index contributed by atoms with van der Waals surface area (Å²) >= 11 is 0. The molecule has 0 aromatic carbocycles. The summed E-state index contributed by atoms with van der Waals surface area (Å²) in [5.74, 6) is 0. The van der Waals surface area contributed by atoms with Crippen LogP contribution in [0.15, 0.2) is 0 Å². The van der Waals surface area contributed by atoms with E-state index >= 15 is 0 Å². The van der Waals surface area contributed by atoms with Crippen molar-refractivity contribution in [1.82, 2.24) is 18.9 Å². The largest absolute Gasteiger partial charge is 0.665 e. The quantitative estimate of drug-likeness (QED) is 0.337. The predicted molar refractivity (Wildman–Crippen MR) is 55.4 cm³/mol. The first-order valence-electron chi connectivity index (χ1n) is 5.79. The highest BCUT2D eigenvalue weighted by atomic mass is 15.5. The molecule has 0 spiro atoms. The van der Waals surface area contributed by atoms with E-state index in [1.807, 2.05) is 0 Å². The first kappa shape index (κ1) is 5.75. The molecule has 8 heteroatoms. The molecule has 0 amide bonds. The van der Waals surface area contributed by atoms with E-state index in [4.69, 9.17) is 0 Å². The van der Waals surface area contributed by atoms with Crippen LogP contribution in [0.25, 0.3) is 0 Å². The van der Waals surface area contributed by atoms with Crippen molar-refractivity contribution in [3.05, 3.63) is 0 Å². The molecule has 64 valence electrons. The summed E-state index contributed by atoms with van der Waals surface area (Å²) in [4.78, 5) is 0. The second-order valence-corrected chi connectivity index (χ2v) is 5.93. The van der Waals surface area contributed by atoms with Crippen molar-refractivity contribution in [2.75, 3.05) is 25.8 Å². The lowest BCUT2D eigenvalue weighted by molar-refractivity contribution is 0.290. The van der Waals surface area contributed by atoms with Crippen LogP contribution < -0.4 is 0 Å². The summed E-state index contributed by atoms with van der Waals surface area (Å²) < 4.78 is 11.7. The minimum atomic E-state index is 0.0815. The molecule has 12 heavy (non-hydrogen) atoms. The normalized spacial score (nSPS) is 62.0. The molecular weight excluding hydrogens is 147 g/mol. The van der Waals surface area contributed by atoms with E-state index < -0.39 is 0 Å². The molecule has 0 aliphatic carbocycles. The molecule has 6 saturated heterocycles. The van der Waals surface area contributed by atoms with E-state index in [9.17, 15) is 0 Å². The molecule has 4 nitrogen and oxygen atoms in total. The molecule has 6 aliphatic heterocycles. The van der Waals surface area contributed by atoms with E-state index in [1.54, 1.807) is 0 Å². The first-order chi connectivity index (χ1) is 5.93. The summed E-state index contributed by atoms with van der Waals surface area (Å²) in [6.45, 7) is 0.326.